The lowest BCUT2D eigenvalue weighted by Crippen LogP contribution is -2.50. The molecule has 3 aromatic rings. The first kappa shape index (κ1) is 18.7. The zero-order valence-corrected chi connectivity index (χ0v) is 16.5. The zero-order chi connectivity index (χ0) is 20.3. The van der Waals surface area contributed by atoms with Crippen molar-refractivity contribution in [3.8, 4) is 5.75 Å². The van der Waals surface area contributed by atoms with E-state index in [1.807, 2.05) is 0 Å². The Morgan fingerprint density at radius 2 is 2.00 bits per heavy atom. The molecule has 2 heterocycles. The summed E-state index contributed by atoms with van der Waals surface area (Å²) < 4.78 is 38.1. The van der Waals surface area contributed by atoms with Crippen molar-refractivity contribution in [1.82, 2.24) is 5.16 Å². The molecule has 0 radical (unpaired) electrons. The van der Waals surface area contributed by atoms with E-state index in [1.165, 1.54) is 30.3 Å². The number of hydrogen-bond acceptors (Lipinski definition) is 6. The van der Waals surface area contributed by atoms with Crippen molar-refractivity contribution in [3.05, 3.63) is 58.4 Å². The third kappa shape index (κ3) is 2.75. The summed E-state index contributed by atoms with van der Waals surface area (Å²) >= 11 is 5.93. The molecular formula is C19H15ClN2O5S. The fraction of sp³-hybridized carbons (Fsp3) is 0.263. The van der Waals surface area contributed by atoms with Crippen LogP contribution in [-0.2, 0) is 9.84 Å². The summed E-state index contributed by atoms with van der Waals surface area (Å²) in [5.41, 5.74) is -0.494. The predicted molar refractivity (Wildman–Crippen MR) is 102 cm³/mol. The first-order valence-electron chi connectivity index (χ1n) is 8.32. The molecule has 1 aliphatic rings. The molecule has 1 aromatic heterocycles. The fourth-order valence-corrected chi connectivity index (χ4v) is 5.55. The Kier molecular flexibility index (Phi) is 4.16. The molecule has 0 aliphatic carbocycles. The number of aromatic nitrogens is 1. The number of nitrogens with zero attached hydrogens (tertiary/aromatic N) is 2. The lowest BCUT2D eigenvalue weighted by atomic mass is 9.90. The molecule has 0 fully saturated rings. The first-order valence-corrected chi connectivity index (χ1v) is 10.2. The number of rotatable bonds is 2. The van der Waals surface area contributed by atoms with Crippen LogP contribution in [0.15, 0.2) is 45.9 Å². The number of hydrogen-bond donors (Lipinski definition) is 1. The summed E-state index contributed by atoms with van der Waals surface area (Å²) in [6, 6.07) is 9.01. The van der Waals surface area contributed by atoms with Crippen LogP contribution in [0.5, 0.6) is 5.75 Å². The van der Waals surface area contributed by atoms with Crippen LogP contribution < -0.4 is 4.74 Å². The molecule has 1 N–H and O–H groups in total. The van der Waals surface area contributed by atoms with Crippen molar-refractivity contribution in [3.63, 3.8) is 0 Å². The second-order valence-corrected chi connectivity index (χ2v) is 9.50. The average molecular weight is 419 g/mol. The van der Waals surface area contributed by atoms with Gasteiger partial charge in [0.2, 0.25) is 14.9 Å². The van der Waals surface area contributed by atoms with Gasteiger partial charge in [-0.2, -0.15) is 0 Å². The van der Waals surface area contributed by atoms with Gasteiger partial charge in [0.25, 0.3) is 0 Å². The fourth-order valence-electron chi connectivity index (χ4n) is 3.35. The van der Waals surface area contributed by atoms with Crippen molar-refractivity contribution in [2.75, 3.05) is 0 Å². The van der Waals surface area contributed by atoms with Gasteiger partial charge in [-0.15, -0.1) is 0 Å². The van der Waals surface area contributed by atoms with Gasteiger partial charge in [0.1, 0.15) is 22.7 Å². The summed E-state index contributed by atoms with van der Waals surface area (Å²) in [7, 11) is -4.20. The molecule has 1 aliphatic heterocycles. The maximum atomic E-state index is 13.6. The van der Waals surface area contributed by atoms with E-state index in [1.54, 1.807) is 19.9 Å². The van der Waals surface area contributed by atoms with Crippen LogP contribution in [0, 0.1) is 6.57 Å². The number of sulfone groups is 1. The standard InChI is InChI=1S/C19H15ClN2O5S/c1-19(2)17(23)16(13-9-11(21-3)5-7-14(13)26-19)28(24,25)18-12-6-4-10(20)8-15(12)27-22-18/h4-9,16-17,23H,1-2H3/t16-,17+/m1/s1. The van der Waals surface area contributed by atoms with E-state index in [2.05, 4.69) is 10.0 Å². The third-order valence-electron chi connectivity index (χ3n) is 4.81. The van der Waals surface area contributed by atoms with Crippen LogP contribution >= 0.6 is 11.6 Å². The topological polar surface area (TPSA) is 94.0 Å². The first-order chi connectivity index (χ1) is 13.1. The SMILES string of the molecule is [C-]#[N+]c1ccc2c(c1)[C@@H](S(=O)(=O)c1noc3cc(Cl)ccc13)[C@H](O)C(C)(C)O2. The van der Waals surface area contributed by atoms with Gasteiger partial charge in [-0.25, -0.2) is 13.3 Å². The molecule has 0 saturated heterocycles. The summed E-state index contributed by atoms with van der Waals surface area (Å²) in [5, 5.41) is 13.6. The molecule has 9 heteroatoms. The molecule has 2 aromatic carbocycles. The normalized spacial score (nSPS) is 21.0. The minimum Gasteiger partial charge on any atom is -0.485 e. The Balaban J connectivity index is 1.97. The molecule has 0 amide bonds. The molecule has 2 atom stereocenters. The largest absolute Gasteiger partial charge is 0.485 e. The summed E-state index contributed by atoms with van der Waals surface area (Å²) in [4.78, 5) is 3.35. The highest BCUT2D eigenvalue weighted by molar-refractivity contribution is 7.91. The van der Waals surface area contributed by atoms with Gasteiger partial charge in [-0.1, -0.05) is 22.8 Å². The van der Waals surface area contributed by atoms with Crippen molar-refractivity contribution in [2.24, 2.45) is 0 Å². The number of fused-ring (bicyclic) bond motifs is 2. The molecule has 28 heavy (non-hydrogen) atoms. The number of benzene rings is 2. The van der Waals surface area contributed by atoms with Crippen molar-refractivity contribution in [1.29, 1.82) is 0 Å². The van der Waals surface area contributed by atoms with Crippen molar-refractivity contribution >= 4 is 38.1 Å². The highest BCUT2D eigenvalue weighted by Crippen LogP contribution is 2.47. The van der Waals surface area contributed by atoms with Crippen molar-refractivity contribution in [2.45, 2.75) is 35.8 Å². The average Bonchev–Trinajstić information content (AvgIpc) is 3.05. The molecule has 0 spiro atoms. The van der Waals surface area contributed by atoms with E-state index in [0.29, 0.717) is 10.8 Å². The minimum absolute atomic E-state index is 0.213. The van der Waals surface area contributed by atoms with Gasteiger partial charge in [0, 0.05) is 16.7 Å². The molecule has 7 nitrogen and oxygen atoms in total. The summed E-state index contributed by atoms with van der Waals surface area (Å²) in [5.74, 6) is 0.298. The second kappa shape index (κ2) is 6.21. The van der Waals surface area contributed by atoms with Gasteiger partial charge in [0.15, 0.2) is 11.3 Å². The Hall–Kier alpha value is -2.60. The molecule has 4 rings (SSSR count). The third-order valence-corrected chi connectivity index (χ3v) is 7.05. The number of aliphatic hydroxyl groups excluding tert-OH is 1. The number of ether oxygens (including phenoxy) is 1. The van der Waals surface area contributed by atoms with E-state index in [4.69, 9.17) is 27.4 Å². The summed E-state index contributed by atoms with van der Waals surface area (Å²) in [6.45, 7) is 10.4. The highest BCUT2D eigenvalue weighted by Gasteiger charge is 2.50. The van der Waals surface area contributed by atoms with Crippen LogP contribution in [0.1, 0.15) is 24.7 Å². The molecule has 0 saturated carbocycles. The number of halogens is 1. The lowest BCUT2D eigenvalue weighted by Gasteiger charge is -2.41. The zero-order valence-electron chi connectivity index (χ0n) is 14.9. The molecule has 144 valence electrons. The lowest BCUT2D eigenvalue weighted by molar-refractivity contribution is -0.0444. The second-order valence-electron chi connectivity index (χ2n) is 7.08. The Labute approximate surface area is 166 Å². The Bertz CT molecular complexity index is 1240. The van der Waals surface area contributed by atoms with Gasteiger partial charge in [0.05, 0.1) is 12.0 Å². The van der Waals surface area contributed by atoms with E-state index in [9.17, 15) is 13.5 Å². The van der Waals surface area contributed by atoms with Crippen LogP contribution in [0.4, 0.5) is 5.69 Å². The van der Waals surface area contributed by atoms with Crippen LogP contribution in [0.2, 0.25) is 5.02 Å². The maximum absolute atomic E-state index is 13.6. The van der Waals surface area contributed by atoms with E-state index in [0.717, 1.165) is 0 Å². The van der Waals surface area contributed by atoms with Gasteiger partial charge >= 0.3 is 0 Å². The monoisotopic (exact) mass is 418 g/mol. The van der Waals surface area contributed by atoms with Crippen LogP contribution in [-0.4, -0.2) is 30.4 Å². The van der Waals surface area contributed by atoms with Crippen LogP contribution in [0.3, 0.4) is 0 Å². The summed E-state index contributed by atoms with van der Waals surface area (Å²) in [6.07, 6.45) is -1.40. The van der Waals surface area contributed by atoms with E-state index in [-0.39, 0.29) is 27.2 Å². The van der Waals surface area contributed by atoms with Gasteiger partial charge in [-0.05, 0) is 38.1 Å². The minimum atomic E-state index is -4.20. The Morgan fingerprint density at radius 3 is 2.71 bits per heavy atom. The highest BCUT2D eigenvalue weighted by atomic mass is 35.5. The number of aliphatic hydroxyl groups is 1. The maximum Gasteiger partial charge on any atom is 0.209 e. The van der Waals surface area contributed by atoms with E-state index < -0.39 is 26.8 Å². The van der Waals surface area contributed by atoms with Crippen molar-refractivity contribution < 1.29 is 22.8 Å². The quantitative estimate of drug-likeness (QED) is 0.630. The Morgan fingerprint density at radius 1 is 1.25 bits per heavy atom. The molecule has 0 bridgehead atoms. The smallest absolute Gasteiger partial charge is 0.209 e. The molecule has 0 unspecified atom stereocenters. The predicted octanol–water partition coefficient (Wildman–Crippen LogP) is 4.08. The van der Waals surface area contributed by atoms with Gasteiger partial charge in [-0.3, -0.25) is 0 Å². The van der Waals surface area contributed by atoms with Crippen LogP contribution in [0.25, 0.3) is 15.8 Å². The van der Waals surface area contributed by atoms with Gasteiger partial charge < -0.3 is 14.4 Å². The van der Waals surface area contributed by atoms with E-state index >= 15 is 0 Å². The molecular weight excluding hydrogens is 404 g/mol.